The lowest BCUT2D eigenvalue weighted by Crippen LogP contribution is -2.26. The lowest BCUT2D eigenvalue weighted by Gasteiger charge is -2.07. The first-order chi connectivity index (χ1) is 8.33. The normalized spacial score (nSPS) is 10.3. The van der Waals surface area contributed by atoms with Crippen LogP contribution in [0, 0.1) is 12.3 Å². The average Bonchev–Trinajstić information content (AvgIpc) is 2.37. The van der Waals surface area contributed by atoms with Crippen LogP contribution in [0.1, 0.15) is 0 Å². The van der Waals surface area contributed by atoms with Crippen LogP contribution in [0.4, 0.5) is 0 Å². The van der Waals surface area contributed by atoms with Crippen molar-refractivity contribution in [3.05, 3.63) is 46.9 Å². The SMILES string of the molecule is C#CCNCCn1ccc2ccccc2c1=O. The molecule has 0 fully saturated rings. The maximum atomic E-state index is 12.1. The lowest BCUT2D eigenvalue weighted by molar-refractivity contribution is 0.616. The smallest absolute Gasteiger partial charge is 0.258 e. The van der Waals surface area contributed by atoms with Gasteiger partial charge in [-0.3, -0.25) is 4.79 Å². The lowest BCUT2D eigenvalue weighted by atomic mass is 10.2. The number of benzene rings is 1. The number of aromatic nitrogens is 1. The number of hydrogen-bond acceptors (Lipinski definition) is 2. The van der Waals surface area contributed by atoms with Gasteiger partial charge in [0.25, 0.3) is 5.56 Å². The van der Waals surface area contributed by atoms with E-state index in [2.05, 4.69) is 11.2 Å². The van der Waals surface area contributed by atoms with E-state index in [1.807, 2.05) is 36.5 Å². The van der Waals surface area contributed by atoms with E-state index >= 15 is 0 Å². The van der Waals surface area contributed by atoms with Crippen LogP contribution >= 0.6 is 0 Å². The number of hydrogen-bond donors (Lipinski definition) is 1. The quantitative estimate of drug-likeness (QED) is 0.628. The van der Waals surface area contributed by atoms with Crippen molar-refractivity contribution in [1.29, 1.82) is 0 Å². The van der Waals surface area contributed by atoms with Crippen LogP contribution in [0.5, 0.6) is 0 Å². The van der Waals surface area contributed by atoms with Crippen molar-refractivity contribution >= 4 is 10.8 Å². The maximum Gasteiger partial charge on any atom is 0.258 e. The van der Waals surface area contributed by atoms with E-state index in [-0.39, 0.29) is 5.56 Å². The summed E-state index contributed by atoms with van der Waals surface area (Å²) in [5, 5.41) is 4.80. The van der Waals surface area contributed by atoms with Crippen molar-refractivity contribution in [2.24, 2.45) is 0 Å². The predicted octanol–water partition coefficient (Wildman–Crippen LogP) is 1.22. The fraction of sp³-hybridized carbons (Fsp3) is 0.214. The molecule has 0 radical (unpaired) electrons. The molecule has 1 N–H and O–H groups in total. The molecular weight excluding hydrogens is 212 g/mol. The molecule has 0 amide bonds. The van der Waals surface area contributed by atoms with E-state index < -0.39 is 0 Å². The fourth-order valence-electron chi connectivity index (χ4n) is 1.77. The van der Waals surface area contributed by atoms with Crippen molar-refractivity contribution in [3.63, 3.8) is 0 Å². The first kappa shape index (κ1) is 11.4. The maximum absolute atomic E-state index is 12.1. The molecule has 0 spiro atoms. The van der Waals surface area contributed by atoms with Crippen molar-refractivity contribution in [2.45, 2.75) is 6.54 Å². The van der Waals surface area contributed by atoms with Gasteiger partial charge in [0.15, 0.2) is 0 Å². The van der Waals surface area contributed by atoms with E-state index in [1.165, 1.54) is 0 Å². The Morgan fingerprint density at radius 3 is 2.94 bits per heavy atom. The van der Waals surface area contributed by atoms with E-state index in [4.69, 9.17) is 6.42 Å². The number of pyridine rings is 1. The minimum atomic E-state index is 0.0469. The highest BCUT2D eigenvalue weighted by Crippen LogP contribution is 2.07. The summed E-state index contributed by atoms with van der Waals surface area (Å²) >= 11 is 0. The van der Waals surface area contributed by atoms with Gasteiger partial charge in [-0.25, -0.2) is 0 Å². The number of fused-ring (bicyclic) bond motifs is 1. The largest absolute Gasteiger partial charge is 0.314 e. The van der Waals surface area contributed by atoms with Crippen LogP contribution in [-0.2, 0) is 6.54 Å². The summed E-state index contributed by atoms with van der Waals surface area (Å²) in [7, 11) is 0. The molecule has 2 aromatic rings. The van der Waals surface area contributed by atoms with Gasteiger partial charge in [0.2, 0.25) is 0 Å². The third-order valence-corrected chi connectivity index (χ3v) is 2.64. The van der Waals surface area contributed by atoms with Crippen LogP contribution in [0.15, 0.2) is 41.3 Å². The molecule has 3 nitrogen and oxygen atoms in total. The van der Waals surface area contributed by atoms with Crippen LogP contribution in [0.2, 0.25) is 0 Å². The predicted molar refractivity (Wildman–Crippen MR) is 69.9 cm³/mol. The first-order valence-corrected chi connectivity index (χ1v) is 5.55. The molecule has 86 valence electrons. The van der Waals surface area contributed by atoms with Gasteiger partial charge in [0, 0.05) is 24.7 Å². The standard InChI is InChI=1S/C14H14N2O/c1-2-8-15-9-11-16-10-7-12-5-3-4-6-13(12)14(16)17/h1,3-7,10,15H,8-9,11H2. The third kappa shape index (κ3) is 2.55. The first-order valence-electron chi connectivity index (χ1n) is 5.55. The Labute approximate surface area is 100 Å². The third-order valence-electron chi connectivity index (χ3n) is 2.64. The van der Waals surface area contributed by atoms with E-state index in [0.717, 1.165) is 10.8 Å². The van der Waals surface area contributed by atoms with E-state index in [0.29, 0.717) is 19.6 Å². The van der Waals surface area contributed by atoms with Crippen molar-refractivity contribution in [1.82, 2.24) is 9.88 Å². The molecule has 1 aromatic carbocycles. The average molecular weight is 226 g/mol. The summed E-state index contributed by atoms with van der Waals surface area (Å²) in [5.74, 6) is 2.50. The second kappa shape index (κ2) is 5.33. The monoisotopic (exact) mass is 226 g/mol. The van der Waals surface area contributed by atoms with Crippen LogP contribution in [0.25, 0.3) is 10.8 Å². The summed E-state index contributed by atoms with van der Waals surface area (Å²) in [6.07, 6.45) is 6.95. The van der Waals surface area contributed by atoms with Gasteiger partial charge >= 0.3 is 0 Å². The zero-order chi connectivity index (χ0) is 12.1. The molecule has 0 saturated heterocycles. The van der Waals surface area contributed by atoms with Crippen LogP contribution in [0.3, 0.4) is 0 Å². The minimum Gasteiger partial charge on any atom is -0.314 e. The fourth-order valence-corrected chi connectivity index (χ4v) is 1.77. The van der Waals surface area contributed by atoms with Crippen molar-refractivity contribution in [2.75, 3.05) is 13.1 Å². The molecule has 1 heterocycles. The van der Waals surface area contributed by atoms with Gasteiger partial charge < -0.3 is 9.88 Å². The van der Waals surface area contributed by atoms with Crippen molar-refractivity contribution in [3.8, 4) is 12.3 Å². The molecule has 0 aliphatic carbocycles. The summed E-state index contributed by atoms with van der Waals surface area (Å²) in [6, 6.07) is 9.56. The number of nitrogens with one attached hydrogen (secondary N) is 1. The summed E-state index contributed by atoms with van der Waals surface area (Å²) in [4.78, 5) is 12.1. The number of nitrogens with zero attached hydrogens (tertiary/aromatic N) is 1. The van der Waals surface area contributed by atoms with Gasteiger partial charge in [-0.2, -0.15) is 0 Å². The second-order valence-electron chi connectivity index (χ2n) is 3.78. The highest BCUT2D eigenvalue weighted by atomic mass is 16.1. The molecule has 0 bridgehead atoms. The van der Waals surface area contributed by atoms with E-state index in [1.54, 1.807) is 4.57 Å². The Bertz CT molecular complexity index is 607. The minimum absolute atomic E-state index is 0.0469. The van der Waals surface area contributed by atoms with Crippen LogP contribution < -0.4 is 10.9 Å². The number of terminal acetylenes is 1. The second-order valence-corrected chi connectivity index (χ2v) is 3.78. The van der Waals surface area contributed by atoms with Gasteiger partial charge in [-0.15, -0.1) is 6.42 Å². The zero-order valence-corrected chi connectivity index (χ0v) is 9.52. The Hall–Kier alpha value is -2.05. The van der Waals surface area contributed by atoms with Gasteiger partial charge in [0.1, 0.15) is 0 Å². The molecule has 0 saturated carbocycles. The molecule has 1 aromatic heterocycles. The Balaban J connectivity index is 2.22. The highest BCUT2D eigenvalue weighted by Gasteiger charge is 2.00. The molecule has 0 aliphatic rings. The van der Waals surface area contributed by atoms with Gasteiger partial charge in [-0.05, 0) is 17.5 Å². The van der Waals surface area contributed by atoms with E-state index in [9.17, 15) is 4.79 Å². The molecule has 0 atom stereocenters. The molecule has 0 aliphatic heterocycles. The molecule has 2 rings (SSSR count). The highest BCUT2D eigenvalue weighted by molar-refractivity contribution is 5.81. The van der Waals surface area contributed by atoms with Crippen LogP contribution in [-0.4, -0.2) is 17.7 Å². The summed E-state index contributed by atoms with van der Waals surface area (Å²) in [5.41, 5.74) is 0.0469. The summed E-state index contributed by atoms with van der Waals surface area (Å²) < 4.78 is 1.70. The Kier molecular flexibility index (Phi) is 3.59. The van der Waals surface area contributed by atoms with Crippen molar-refractivity contribution < 1.29 is 0 Å². The molecule has 17 heavy (non-hydrogen) atoms. The summed E-state index contributed by atoms with van der Waals surface area (Å²) in [6.45, 7) is 1.86. The Morgan fingerprint density at radius 2 is 2.12 bits per heavy atom. The topological polar surface area (TPSA) is 34.0 Å². The Morgan fingerprint density at radius 1 is 1.29 bits per heavy atom. The molecule has 3 heteroatoms. The van der Waals surface area contributed by atoms with Gasteiger partial charge in [0.05, 0.1) is 6.54 Å². The molecule has 0 unspecified atom stereocenters. The zero-order valence-electron chi connectivity index (χ0n) is 9.52. The van der Waals surface area contributed by atoms with Gasteiger partial charge in [-0.1, -0.05) is 24.1 Å². The number of rotatable bonds is 4. The molecular formula is C14H14N2O.